The van der Waals surface area contributed by atoms with Gasteiger partial charge in [0.25, 0.3) is 11.5 Å². The summed E-state index contributed by atoms with van der Waals surface area (Å²) < 4.78 is 2.38. The van der Waals surface area contributed by atoms with Crippen LogP contribution in [0.5, 0.6) is 0 Å². The third-order valence-electron chi connectivity index (χ3n) is 7.65. The Labute approximate surface area is 269 Å². The van der Waals surface area contributed by atoms with E-state index in [-0.39, 0.29) is 28.5 Å². The lowest BCUT2D eigenvalue weighted by atomic mass is 9.98. The number of amides is 1. The highest BCUT2D eigenvalue weighted by Gasteiger charge is 2.40. The maximum atomic E-state index is 12.7. The molecule has 0 aromatic heterocycles. The minimum atomic E-state index is -1.00. The number of hydrogen-bond acceptors (Lipinski definition) is 8. The average Bonchev–Trinajstić information content (AvgIpc) is 3.61. The molecular formula is C34H22N4O6S2. The van der Waals surface area contributed by atoms with E-state index in [2.05, 4.69) is 10.2 Å². The number of rotatable bonds is 4. The second kappa shape index (κ2) is 11.7. The van der Waals surface area contributed by atoms with E-state index in [4.69, 9.17) is 10.2 Å². The molecule has 4 heterocycles. The maximum absolute atomic E-state index is 12.7. The molecule has 226 valence electrons. The summed E-state index contributed by atoms with van der Waals surface area (Å²) in [7, 11) is 0. The van der Waals surface area contributed by atoms with Crippen molar-refractivity contribution in [2.45, 2.75) is 4.90 Å². The SMILES string of the molecule is O=C(O)c1ccc(-n2nc3c4ccccc4scc-3c2=O)cc1.O=C(O)c1ccc(N2N=C3c4ccccc4SCC3C2=O)cc1. The molecule has 2 N–H and O–H groups in total. The molecule has 4 aromatic rings. The monoisotopic (exact) mass is 646 g/mol. The quantitative estimate of drug-likeness (QED) is 0.234. The lowest BCUT2D eigenvalue weighted by Gasteiger charge is -2.19. The third kappa shape index (κ3) is 5.13. The average molecular weight is 647 g/mol. The number of carboxylic acids is 2. The van der Waals surface area contributed by atoms with Crippen molar-refractivity contribution in [2.75, 3.05) is 10.8 Å². The first kappa shape index (κ1) is 29.1. The molecule has 8 rings (SSSR count). The van der Waals surface area contributed by atoms with Crippen LogP contribution in [0.3, 0.4) is 0 Å². The van der Waals surface area contributed by atoms with Gasteiger partial charge < -0.3 is 10.2 Å². The Balaban J connectivity index is 0.000000147. The van der Waals surface area contributed by atoms with Gasteiger partial charge in [0, 0.05) is 31.7 Å². The molecule has 4 aliphatic rings. The molecule has 0 saturated carbocycles. The van der Waals surface area contributed by atoms with Gasteiger partial charge in [-0.3, -0.25) is 9.59 Å². The molecule has 12 heteroatoms. The normalized spacial score (nSPS) is 15.1. The van der Waals surface area contributed by atoms with Crippen LogP contribution in [-0.4, -0.2) is 49.3 Å². The van der Waals surface area contributed by atoms with Crippen molar-refractivity contribution in [3.63, 3.8) is 0 Å². The van der Waals surface area contributed by atoms with Crippen LogP contribution in [0.1, 0.15) is 26.3 Å². The third-order valence-corrected chi connectivity index (χ3v) is 9.79. The number of thioether (sulfide) groups is 1. The van der Waals surface area contributed by atoms with Crippen LogP contribution in [0.25, 0.3) is 27.0 Å². The van der Waals surface area contributed by atoms with Gasteiger partial charge in [-0.2, -0.15) is 19.9 Å². The van der Waals surface area contributed by atoms with Crippen LogP contribution in [-0.2, 0) is 4.79 Å². The van der Waals surface area contributed by atoms with Gasteiger partial charge in [-0.05, 0) is 60.7 Å². The zero-order valence-corrected chi connectivity index (χ0v) is 25.4. The molecule has 0 aliphatic carbocycles. The molecule has 1 unspecified atom stereocenters. The number of nitrogens with zero attached hydrogens (tertiary/aromatic N) is 4. The molecule has 0 saturated heterocycles. The van der Waals surface area contributed by atoms with Crippen LogP contribution in [0, 0.1) is 5.92 Å². The highest BCUT2D eigenvalue weighted by atomic mass is 32.2. The summed E-state index contributed by atoms with van der Waals surface area (Å²) in [5.41, 5.74) is 4.32. The summed E-state index contributed by atoms with van der Waals surface area (Å²) in [6.45, 7) is 0. The highest BCUT2D eigenvalue weighted by molar-refractivity contribution is 7.99. The van der Waals surface area contributed by atoms with E-state index in [0.29, 0.717) is 28.4 Å². The summed E-state index contributed by atoms with van der Waals surface area (Å²) >= 11 is 3.17. The van der Waals surface area contributed by atoms with Crippen LogP contribution >= 0.6 is 23.1 Å². The zero-order valence-electron chi connectivity index (χ0n) is 23.7. The van der Waals surface area contributed by atoms with E-state index in [0.717, 1.165) is 26.3 Å². The summed E-state index contributed by atoms with van der Waals surface area (Å²) in [6.07, 6.45) is 0. The predicted octanol–water partition coefficient (Wildman–Crippen LogP) is 6.11. The Morgan fingerprint density at radius 3 is 2.09 bits per heavy atom. The number of hydrogen-bond donors (Lipinski definition) is 2. The summed E-state index contributed by atoms with van der Waals surface area (Å²) in [5, 5.41) is 31.0. The van der Waals surface area contributed by atoms with Crippen molar-refractivity contribution in [1.29, 1.82) is 0 Å². The molecular weight excluding hydrogens is 625 g/mol. The van der Waals surface area contributed by atoms with Crippen molar-refractivity contribution in [2.24, 2.45) is 11.0 Å². The molecule has 1 atom stereocenters. The van der Waals surface area contributed by atoms with Gasteiger partial charge in [0.05, 0.1) is 39.7 Å². The lowest BCUT2D eigenvalue weighted by Crippen LogP contribution is -2.31. The van der Waals surface area contributed by atoms with Crippen LogP contribution in [0.2, 0.25) is 0 Å². The minimum Gasteiger partial charge on any atom is -0.478 e. The summed E-state index contributed by atoms with van der Waals surface area (Å²) in [5.74, 6) is -1.62. The first-order chi connectivity index (χ1) is 22.3. The van der Waals surface area contributed by atoms with E-state index >= 15 is 0 Å². The topological polar surface area (TPSA) is 142 Å². The van der Waals surface area contributed by atoms with Gasteiger partial charge in [-0.1, -0.05) is 36.4 Å². The van der Waals surface area contributed by atoms with E-state index < -0.39 is 11.9 Å². The Bertz CT molecular complexity index is 2220. The number of aromatic carboxylic acids is 2. The molecule has 0 fully saturated rings. The summed E-state index contributed by atoms with van der Waals surface area (Å²) in [4.78, 5) is 48.2. The van der Waals surface area contributed by atoms with E-state index in [1.165, 1.54) is 45.3 Å². The van der Waals surface area contributed by atoms with Crippen LogP contribution in [0.15, 0.2) is 117 Å². The fourth-order valence-electron chi connectivity index (χ4n) is 5.32. The van der Waals surface area contributed by atoms with Crippen molar-refractivity contribution < 1.29 is 24.6 Å². The fourth-order valence-corrected chi connectivity index (χ4v) is 7.37. The van der Waals surface area contributed by atoms with Crippen molar-refractivity contribution in [3.05, 3.63) is 129 Å². The molecule has 4 aromatic carbocycles. The van der Waals surface area contributed by atoms with Crippen molar-refractivity contribution in [3.8, 4) is 16.9 Å². The molecule has 0 radical (unpaired) electrons. The number of carbonyl (C=O) groups excluding carboxylic acids is 1. The summed E-state index contributed by atoms with van der Waals surface area (Å²) in [6, 6.07) is 28.0. The zero-order chi connectivity index (χ0) is 31.9. The number of carboxylic acid groups (broad SMARTS) is 2. The fraction of sp³-hybridized carbons (Fsp3) is 0.0588. The molecule has 1 amide bonds. The van der Waals surface area contributed by atoms with E-state index in [1.54, 1.807) is 36.0 Å². The van der Waals surface area contributed by atoms with Crippen molar-refractivity contribution in [1.82, 2.24) is 9.78 Å². The predicted molar refractivity (Wildman–Crippen MR) is 177 cm³/mol. The standard InChI is InChI=1S/C17H12N2O3S.C17H10N2O3S/c2*20-16-13-9-23-14-4-2-1-3-12(14)15(13)18-19(16)11-7-5-10(6-8-11)17(21)22/h1-8,13H,9H2,(H,21,22);1-9H,(H,21,22). The minimum absolute atomic E-state index is 0.0647. The van der Waals surface area contributed by atoms with Gasteiger partial charge in [0.2, 0.25) is 0 Å². The second-order valence-electron chi connectivity index (χ2n) is 10.4. The Kier molecular flexibility index (Phi) is 7.43. The molecule has 0 bridgehead atoms. The van der Waals surface area contributed by atoms with E-state index in [9.17, 15) is 19.2 Å². The van der Waals surface area contributed by atoms with Gasteiger partial charge in [0.1, 0.15) is 5.69 Å². The smallest absolute Gasteiger partial charge is 0.335 e. The molecule has 46 heavy (non-hydrogen) atoms. The first-order valence-electron chi connectivity index (χ1n) is 14.0. The van der Waals surface area contributed by atoms with Crippen LogP contribution < -0.4 is 10.6 Å². The van der Waals surface area contributed by atoms with Gasteiger partial charge in [0.15, 0.2) is 0 Å². The Morgan fingerprint density at radius 1 is 0.761 bits per heavy atom. The molecule has 10 nitrogen and oxygen atoms in total. The Morgan fingerprint density at radius 2 is 1.39 bits per heavy atom. The largest absolute Gasteiger partial charge is 0.478 e. The van der Waals surface area contributed by atoms with Gasteiger partial charge >= 0.3 is 11.9 Å². The first-order valence-corrected chi connectivity index (χ1v) is 15.9. The van der Waals surface area contributed by atoms with Crippen LogP contribution in [0.4, 0.5) is 5.69 Å². The second-order valence-corrected chi connectivity index (χ2v) is 12.4. The van der Waals surface area contributed by atoms with Gasteiger partial charge in [-0.25, -0.2) is 9.59 Å². The number of carbonyl (C=O) groups is 3. The van der Waals surface area contributed by atoms with Gasteiger partial charge in [-0.15, -0.1) is 23.1 Å². The van der Waals surface area contributed by atoms with Crippen molar-refractivity contribution >= 4 is 62.4 Å². The number of anilines is 1. The Hall–Kier alpha value is -5.59. The molecule has 4 aliphatic heterocycles. The molecule has 0 spiro atoms. The highest BCUT2D eigenvalue weighted by Crippen LogP contribution is 2.38. The number of benzene rings is 4. The number of fused-ring (bicyclic) bond motifs is 6. The number of aromatic nitrogens is 2. The van der Waals surface area contributed by atoms with E-state index in [1.807, 2.05) is 53.9 Å². The lowest BCUT2D eigenvalue weighted by molar-refractivity contribution is -0.119. The maximum Gasteiger partial charge on any atom is 0.335 e. The number of hydrazone groups is 1.